The van der Waals surface area contributed by atoms with Crippen LogP contribution in [0, 0.1) is 6.92 Å². The van der Waals surface area contributed by atoms with Crippen LogP contribution in [0.2, 0.25) is 5.02 Å². The van der Waals surface area contributed by atoms with Crippen molar-refractivity contribution < 1.29 is 0 Å². The summed E-state index contributed by atoms with van der Waals surface area (Å²) in [6.45, 7) is 2.90. The Morgan fingerprint density at radius 2 is 1.94 bits per heavy atom. The van der Waals surface area contributed by atoms with E-state index in [0.717, 1.165) is 22.9 Å². The molecule has 0 radical (unpaired) electrons. The SMILES string of the molecule is Cc1ccc(Cl)cc1N(C)Cc1cccc(N)c1. The highest BCUT2D eigenvalue weighted by molar-refractivity contribution is 6.30. The Morgan fingerprint density at radius 1 is 1.17 bits per heavy atom. The smallest absolute Gasteiger partial charge is 0.0427 e. The van der Waals surface area contributed by atoms with Gasteiger partial charge in [-0.05, 0) is 42.3 Å². The molecule has 0 heterocycles. The van der Waals surface area contributed by atoms with Gasteiger partial charge in [0.15, 0.2) is 0 Å². The molecule has 0 atom stereocenters. The first-order chi connectivity index (χ1) is 8.56. The molecule has 0 amide bonds. The molecule has 0 spiro atoms. The van der Waals surface area contributed by atoms with Gasteiger partial charge in [-0.25, -0.2) is 0 Å². The second kappa shape index (κ2) is 5.32. The third-order valence-corrected chi connectivity index (χ3v) is 3.19. The highest BCUT2D eigenvalue weighted by Crippen LogP contribution is 2.24. The van der Waals surface area contributed by atoms with Gasteiger partial charge in [-0.2, -0.15) is 0 Å². The predicted molar refractivity (Wildman–Crippen MR) is 79.2 cm³/mol. The molecule has 0 saturated heterocycles. The van der Waals surface area contributed by atoms with Crippen molar-refractivity contribution in [3.63, 3.8) is 0 Å². The maximum absolute atomic E-state index is 6.04. The van der Waals surface area contributed by atoms with Gasteiger partial charge in [-0.1, -0.05) is 29.8 Å². The number of hydrogen-bond acceptors (Lipinski definition) is 2. The normalized spacial score (nSPS) is 10.4. The van der Waals surface area contributed by atoms with Crippen LogP contribution in [0.3, 0.4) is 0 Å². The minimum Gasteiger partial charge on any atom is -0.399 e. The molecule has 94 valence electrons. The fraction of sp³-hybridized carbons (Fsp3) is 0.200. The second-order valence-corrected chi connectivity index (χ2v) is 4.97. The van der Waals surface area contributed by atoms with Gasteiger partial charge in [0.05, 0.1) is 0 Å². The van der Waals surface area contributed by atoms with Crippen molar-refractivity contribution in [2.24, 2.45) is 0 Å². The van der Waals surface area contributed by atoms with E-state index in [0.29, 0.717) is 0 Å². The Kier molecular flexibility index (Phi) is 3.78. The van der Waals surface area contributed by atoms with Crippen LogP contribution in [0.25, 0.3) is 0 Å². The maximum Gasteiger partial charge on any atom is 0.0427 e. The Bertz CT molecular complexity index is 552. The summed E-state index contributed by atoms with van der Waals surface area (Å²) in [5.41, 5.74) is 10.1. The number of nitrogens with zero attached hydrogens (tertiary/aromatic N) is 1. The summed E-state index contributed by atoms with van der Waals surface area (Å²) >= 11 is 6.04. The van der Waals surface area contributed by atoms with Crippen LogP contribution in [0.4, 0.5) is 11.4 Å². The molecule has 0 unspecified atom stereocenters. The van der Waals surface area contributed by atoms with E-state index in [4.69, 9.17) is 17.3 Å². The lowest BCUT2D eigenvalue weighted by Crippen LogP contribution is -2.17. The molecular weight excluding hydrogens is 244 g/mol. The lowest BCUT2D eigenvalue weighted by atomic mass is 10.1. The number of nitrogens with two attached hydrogens (primary N) is 1. The molecule has 0 aliphatic carbocycles. The number of anilines is 2. The third kappa shape index (κ3) is 2.96. The summed E-state index contributed by atoms with van der Waals surface area (Å²) in [6, 6.07) is 13.9. The van der Waals surface area contributed by atoms with Gasteiger partial charge < -0.3 is 10.6 Å². The van der Waals surface area contributed by atoms with Gasteiger partial charge in [-0.15, -0.1) is 0 Å². The van der Waals surface area contributed by atoms with E-state index in [1.165, 1.54) is 11.1 Å². The van der Waals surface area contributed by atoms with Crippen LogP contribution in [0.15, 0.2) is 42.5 Å². The molecule has 2 aromatic rings. The molecule has 2 rings (SSSR count). The number of aryl methyl sites for hydroxylation is 1. The fourth-order valence-corrected chi connectivity index (χ4v) is 2.21. The van der Waals surface area contributed by atoms with Crippen LogP contribution in [0.5, 0.6) is 0 Å². The Labute approximate surface area is 113 Å². The maximum atomic E-state index is 6.04. The highest BCUT2D eigenvalue weighted by atomic mass is 35.5. The van der Waals surface area contributed by atoms with E-state index in [2.05, 4.69) is 24.9 Å². The van der Waals surface area contributed by atoms with Crippen LogP contribution in [-0.2, 0) is 6.54 Å². The molecule has 0 saturated carbocycles. The van der Waals surface area contributed by atoms with Crippen molar-refractivity contribution in [2.45, 2.75) is 13.5 Å². The summed E-state index contributed by atoms with van der Waals surface area (Å²) in [4.78, 5) is 2.18. The van der Waals surface area contributed by atoms with Crippen molar-refractivity contribution in [1.82, 2.24) is 0 Å². The summed E-state index contributed by atoms with van der Waals surface area (Å²) in [5.74, 6) is 0. The molecule has 0 bridgehead atoms. The molecule has 18 heavy (non-hydrogen) atoms. The molecule has 0 aromatic heterocycles. The largest absolute Gasteiger partial charge is 0.399 e. The second-order valence-electron chi connectivity index (χ2n) is 4.53. The Morgan fingerprint density at radius 3 is 2.67 bits per heavy atom. The van der Waals surface area contributed by atoms with Crippen molar-refractivity contribution in [2.75, 3.05) is 17.7 Å². The average molecular weight is 261 g/mol. The summed E-state index contributed by atoms with van der Waals surface area (Å²) < 4.78 is 0. The molecule has 0 fully saturated rings. The lowest BCUT2D eigenvalue weighted by Gasteiger charge is -2.22. The Hall–Kier alpha value is -1.67. The molecule has 0 aliphatic rings. The van der Waals surface area contributed by atoms with E-state index >= 15 is 0 Å². The van der Waals surface area contributed by atoms with Gasteiger partial charge in [0.2, 0.25) is 0 Å². The molecule has 2 nitrogen and oxygen atoms in total. The quantitative estimate of drug-likeness (QED) is 0.849. The first-order valence-corrected chi connectivity index (χ1v) is 6.26. The molecule has 2 aromatic carbocycles. The number of hydrogen-bond donors (Lipinski definition) is 1. The van der Waals surface area contributed by atoms with Crippen LogP contribution in [0.1, 0.15) is 11.1 Å². The van der Waals surface area contributed by atoms with Crippen molar-refractivity contribution in [1.29, 1.82) is 0 Å². The van der Waals surface area contributed by atoms with Crippen molar-refractivity contribution in [3.8, 4) is 0 Å². The zero-order valence-electron chi connectivity index (χ0n) is 10.7. The van der Waals surface area contributed by atoms with Crippen LogP contribution in [-0.4, -0.2) is 7.05 Å². The zero-order valence-corrected chi connectivity index (χ0v) is 11.4. The van der Waals surface area contributed by atoms with Gasteiger partial charge in [0.1, 0.15) is 0 Å². The van der Waals surface area contributed by atoms with E-state index in [1.807, 2.05) is 36.4 Å². The summed E-state index contributed by atoms with van der Waals surface area (Å²) in [5, 5.41) is 0.759. The van der Waals surface area contributed by atoms with Gasteiger partial charge in [-0.3, -0.25) is 0 Å². The number of rotatable bonds is 3. The fourth-order valence-electron chi connectivity index (χ4n) is 2.04. The monoisotopic (exact) mass is 260 g/mol. The first-order valence-electron chi connectivity index (χ1n) is 5.88. The lowest BCUT2D eigenvalue weighted by molar-refractivity contribution is 0.918. The minimum atomic E-state index is 0.759. The van der Waals surface area contributed by atoms with Crippen LogP contribution >= 0.6 is 11.6 Å². The van der Waals surface area contributed by atoms with E-state index in [1.54, 1.807) is 0 Å². The van der Waals surface area contributed by atoms with Crippen molar-refractivity contribution in [3.05, 3.63) is 58.6 Å². The van der Waals surface area contributed by atoms with E-state index in [9.17, 15) is 0 Å². The number of halogens is 1. The topological polar surface area (TPSA) is 29.3 Å². The molecule has 0 aliphatic heterocycles. The van der Waals surface area contributed by atoms with Crippen LogP contribution < -0.4 is 10.6 Å². The molecule has 3 heteroatoms. The summed E-state index contributed by atoms with van der Waals surface area (Å²) in [6.07, 6.45) is 0. The van der Waals surface area contributed by atoms with Crippen molar-refractivity contribution >= 4 is 23.0 Å². The van der Waals surface area contributed by atoms with Gasteiger partial charge in [0.25, 0.3) is 0 Å². The standard InChI is InChI=1S/C15H17ClN2/c1-11-6-7-13(16)9-15(11)18(2)10-12-4-3-5-14(17)8-12/h3-9H,10,17H2,1-2H3. The molecular formula is C15H17ClN2. The van der Waals surface area contributed by atoms with E-state index < -0.39 is 0 Å². The minimum absolute atomic E-state index is 0.759. The predicted octanol–water partition coefficient (Wildman–Crippen LogP) is 3.87. The zero-order chi connectivity index (χ0) is 13.1. The van der Waals surface area contributed by atoms with E-state index in [-0.39, 0.29) is 0 Å². The number of nitrogen functional groups attached to an aromatic ring is 1. The average Bonchev–Trinajstić information content (AvgIpc) is 2.32. The number of benzene rings is 2. The first kappa shape index (κ1) is 12.8. The van der Waals surface area contributed by atoms with Gasteiger partial charge in [0, 0.05) is 30.0 Å². The third-order valence-electron chi connectivity index (χ3n) is 2.95. The highest BCUT2D eigenvalue weighted by Gasteiger charge is 2.06. The molecule has 2 N–H and O–H groups in total. The Balaban J connectivity index is 2.21. The summed E-state index contributed by atoms with van der Waals surface area (Å²) in [7, 11) is 2.06. The van der Waals surface area contributed by atoms with Gasteiger partial charge >= 0.3 is 0 Å².